The van der Waals surface area contributed by atoms with Crippen molar-refractivity contribution >= 4 is 12.0 Å². The summed E-state index contributed by atoms with van der Waals surface area (Å²) in [5, 5.41) is 11.8. The van der Waals surface area contributed by atoms with E-state index in [0.717, 1.165) is 6.42 Å². The zero-order valence-corrected chi connectivity index (χ0v) is 11.9. The van der Waals surface area contributed by atoms with Crippen molar-refractivity contribution in [1.82, 2.24) is 5.32 Å². The van der Waals surface area contributed by atoms with Crippen LogP contribution in [-0.2, 0) is 4.79 Å². The van der Waals surface area contributed by atoms with E-state index in [1.165, 1.54) is 20.3 Å². The number of amides is 1. The molecule has 1 N–H and O–H groups in total. The third kappa shape index (κ3) is 3.75. The van der Waals surface area contributed by atoms with Crippen LogP contribution >= 0.6 is 0 Å². The molecular formula is C15H18N2O3. The number of rotatable bonds is 6. The molecule has 0 saturated carbocycles. The van der Waals surface area contributed by atoms with E-state index in [9.17, 15) is 4.79 Å². The van der Waals surface area contributed by atoms with Crippen LogP contribution in [0.3, 0.4) is 0 Å². The Morgan fingerprint density at radius 1 is 1.40 bits per heavy atom. The first-order valence-electron chi connectivity index (χ1n) is 6.28. The smallest absolute Gasteiger partial charge is 0.261 e. The summed E-state index contributed by atoms with van der Waals surface area (Å²) in [7, 11) is 3.04. The molecule has 0 unspecified atom stereocenters. The standard InChI is InChI=1S/C15H18N2O3/c1-4-8-17-15(18)12(10-16)9-11-6-5-7-13(19-2)14(11)20-3/h5-7,9H,4,8H2,1-3H3,(H,17,18). The van der Waals surface area contributed by atoms with Gasteiger partial charge in [0.05, 0.1) is 14.2 Å². The second-order valence-corrected chi connectivity index (χ2v) is 4.01. The SMILES string of the molecule is CCCNC(=O)C(C#N)=Cc1cccc(OC)c1OC. The van der Waals surface area contributed by atoms with Gasteiger partial charge in [-0.05, 0) is 18.6 Å². The number of para-hydroxylation sites is 1. The number of benzene rings is 1. The zero-order valence-electron chi connectivity index (χ0n) is 11.9. The van der Waals surface area contributed by atoms with Crippen LogP contribution in [0.1, 0.15) is 18.9 Å². The molecule has 0 radical (unpaired) electrons. The minimum Gasteiger partial charge on any atom is -0.493 e. The van der Waals surface area contributed by atoms with Crippen LogP contribution in [0, 0.1) is 11.3 Å². The fourth-order valence-corrected chi connectivity index (χ4v) is 1.66. The van der Waals surface area contributed by atoms with Crippen LogP contribution in [-0.4, -0.2) is 26.7 Å². The first-order valence-corrected chi connectivity index (χ1v) is 6.28. The predicted octanol–water partition coefficient (Wildman–Crippen LogP) is 2.14. The van der Waals surface area contributed by atoms with E-state index >= 15 is 0 Å². The summed E-state index contributed by atoms with van der Waals surface area (Å²) in [5.41, 5.74) is 0.653. The Morgan fingerprint density at radius 2 is 2.15 bits per heavy atom. The second-order valence-electron chi connectivity index (χ2n) is 4.01. The van der Waals surface area contributed by atoms with Gasteiger partial charge in [0, 0.05) is 12.1 Å². The molecule has 1 amide bonds. The fourth-order valence-electron chi connectivity index (χ4n) is 1.66. The molecule has 0 atom stereocenters. The van der Waals surface area contributed by atoms with Crippen molar-refractivity contribution in [2.45, 2.75) is 13.3 Å². The summed E-state index contributed by atoms with van der Waals surface area (Å²) in [5.74, 6) is 0.651. The van der Waals surface area contributed by atoms with Crippen LogP contribution in [0.15, 0.2) is 23.8 Å². The Labute approximate surface area is 118 Å². The Bertz CT molecular complexity index is 545. The normalized spacial score (nSPS) is 10.6. The third-order valence-electron chi connectivity index (χ3n) is 2.63. The van der Waals surface area contributed by atoms with Gasteiger partial charge >= 0.3 is 0 Å². The van der Waals surface area contributed by atoms with E-state index in [-0.39, 0.29) is 11.5 Å². The molecule has 0 bridgehead atoms. The number of hydrogen-bond acceptors (Lipinski definition) is 4. The third-order valence-corrected chi connectivity index (χ3v) is 2.63. The van der Waals surface area contributed by atoms with Crippen molar-refractivity contribution in [3.63, 3.8) is 0 Å². The van der Waals surface area contributed by atoms with E-state index in [1.807, 2.05) is 13.0 Å². The number of nitriles is 1. The molecule has 0 aromatic heterocycles. The maximum Gasteiger partial charge on any atom is 0.261 e. The van der Waals surface area contributed by atoms with Crippen molar-refractivity contribution in [3.8, 4) is 17.6 Å². The number of carbonyl (C=O) groups excluding carboxylic acids is 1. The van der Waals surface area contributed by atoms with E-state index in [4.69, 9.17) is 14.7 Å². The van der Waals surface area contributed by atoms with Crippen LogP contribution in [0.4, 0.5) is 0 Å². The molecule has 1 rings (SSSR count). The van der Waals surface area contributed by atoms with E-state index in [1.54, 1.807) is 18.2 Å². The molecule has 0 fully saturated rings. The van der Waals surface area contributed by atoms with Gasteiger partial charge in [0.15, 0.2) is 11.5 Å². The second kappa shape index (κ2) is 7.85. The molecule has 1 aromatic carbocycles. The largest absolute Gasteiger partial charge is 0.493 e. The molecule has 0 spiro atoms. The topological polar surface area (TPSA) is 71.4 Å². The number of ether oxygens (including phenoxy) is 2. The summed E-state index contributed by atoms with van der Waals surface area (Å²) in [6.07, 6.45) is 2.30. The highest BCUT2D eigenvalue weighted by Crippen LogP contribution is 2.32. The van der Waals surface area contributed by atoms with E-state index < -0.39 is 0 Å². The average Bonchev–Trinajstić information content (AvgIpc) is 2.49. The minimum absolute atomic E-state index is 0.0324. The summed E-state index contributed by atoms with van der Waals surface area (Å²) in [6, 6.07) is 7.18. The molecule has 0 aliphatic carbocycles. The van der Waals surface area contributed by atoms with Crippen molar-refractivity contribution < 1.29 is 14.3 Å². The molecule has 0 aliphatic rings. The number of nitrogens with zero attached hydrogens (tertiary/aromatic N) is 1. The quantitative estimate of drug-likeness (QED) is 0.637. The average molecular weight is 274 g/mol. The first kappa shape index (κ1) is 15.6. The minimum atomic E-state index is -0.390. The Hall–Kier alpha value is -2.48. The lowest BCUT2D eigenvalue weighted by Gasteiger charge is -2.10. The maximum atomic E-state index is 11.8. The van der Waals surface area contributed by atoms with Gasteiger partial charge < -0.3 is 14.8 Å². The van der Waals surface area contributed by atoms with Gasteiger partial charge in [-0.2, -0.15) is 5.26 Å². The molecule has 5 heteroatoms. The van der Waals surface area contributed by atoms with Crippen molar-refractivity contribution in [2.24, 2.45) is 0 Å². The number of nitrogens with one attached hydrogen (secondary N) is 1. The molecule has 0 heterocycles. The Balaban J connectivity index is 3.13. The molecular weight excluding hydrogens is 256 g/mol. The van der Waals surface area contributed by atoms with E-state index in [0.29, 0.717) is 23.6 Å². The van der Waals surface area contributed by atoms with Crippen molar-refractivity contribution in [3.05, 3.63) is 29.3 Å². The van der Waals surface area contributed by atoms with Gasteiger partial charge in [0.2, 0.25) is 0 Å². The molecule has 1 aromatic rings. The lowest BCUT2D eigenvalue weighted by atomic mass is 10.1. The molecule has 0 aliphatic heterocycles. The van der Waals surface area contributed by atoms with Gasteiger partial charge in [-0.25, -0.2) is 0 Å². The van der Waals surface area contributed by atoms with Gasteiger partial charge in [-0.15, -0.1) is 0 Å². The Morgan fingerprint density at radius 3 is 2.70 bits per heavy atom. The summed E-state index contributed by atoms with van der Waals surface area (Å²) < 4.78 is 10.4. The lowest BCUT2D eigenvalue weighted by Crippen LogP contribution is -2.25. The lowest BCUT2D eigenvalue weighted by molar-refractivity contribution is -0.117. The van der Waals surface area contributed by atoms with E-state index in [2.05, 4.69) is 5.32 Å². The van der Waals surface area contributed by atoms with Gasteiger partial charge in [-0.1, -0.05) is 19.1 Å². The first-order chi connectivity index (χ1) is 9.67. The monoisotopic (exact) mass is 274 g/mol. The maximum absolute atomic E-state index is 11.8. The fraction of sp³-hybridized carbons (Fsp3) is 0.333. The van der Waals surface area contributed by atoms with Gasteiger partial charge in [-0.3, -0.25) is 4.79 Å². The Kier molecular flexibility index (Phi) is 6.11. The number of methoxy groups -OCH3 is 2. The summed E-state index contributed by atoms with van der Waals surface area (Å²) in [4.78, 5) is 11.8. The summed E-state index contributed by atoms with van der Waals surface area (Å²) >= 11 is 0. The van der Waals surface area contributed by atoms with Crippen LogP contribution in [0.5, 0.6) is 11.5 Å². The number of carbonyl (C=O) groups is 1. The van der Waals surface area contributed by atoms with Crippen molar-refractivity contribution in [2.75, 3.05) is 20.8 Å². The summed E-state index contributed by atoms with van der Waals surface area (Å²) in [6.45, 7) is 2.48. The molecule has 0 saturated heterocycles. The van der Waals surface area contributed by atoms with Crippen LogP contribution in [0.2, 0.25) is 0 Å². The highest BCUT2D eigenvalue weighted by Gasteiger charge is 2.12. The van der Waals surface area contributed by atoms with Crippen LogP contribution in [0.25, 0.3) is 6.08 Å². The number of hydrogen-bond donors (Lipinski definition) is 1. The molecule has 5 nitrogen and oxygen atoms in total. The van der Waals surface area contributed by atoms with Crippen molar-refractivity contribution in [1.29, 1.82) is 5.26 Å². The van der Waals surface area contributed by atoms with Gasteiger partial charge in [0.1, 0.15) is 11.6 Å². The highest BCUT2D eigenvalue weighted by atomic mass is 16.5. The van der Waals surface area contributed by atoms with Crippen LogP contribution < -0.4 is 14.8 Å². The highest BCUT2D eigenvalue weighted by molar-refractivity contribution is 6.02. The molecule has 20 heavy (non-hydrogen) atoms. The predicted molar refractivity (Wildman–Crippen MR) is 76.4 cm³/mol. The zero-order chi connectivity index (χ0) is 15.0. The van der Waals surface area contributed by atoms with Gasteiger partial charge in [0.25, 0.3) is 5.91 Å². The molecule has 106 valence electrons.